The molecule has 2 aromatic carbocycles. The van der Waals surface area contributed by atoms with E-state index in [9.17, 15) is 0 Å². The van der Waals surface area contributed by atoms with Crippen LogP contribution in [0.5, 0.6) is 0 Å². The zero-order valence-corrected chi connectivity index (χ0v) is 13.3. The average Bonchev–Trinajstić information content (AvgIpc) is 2.53. The van der Waals surface area contributed by atoms with Crippen LogP contribution in [-0.4, -0.2) is 7.05 Å². The number of thioether (sulfide) groups is 1. The molecule has 1 N–H and O–H groups in total. The largest absolute Gasteiger partial charge is 0.313 e. The van der Waals surface area contributed by atoms with Crippen LogP contribution < -0.4 is 5.32 Å². The third kappa shape index (κ3) is 4.12. The zero-order valence-electron chi connectivity index (χ0n) is 12.5. The summed E-state index contributed by atoms with van der Waals surface area (Å²) in [5.74, 6) is 1.03. The van der Waals surface area contributed by atoms with Gasteiger partial charge in [-0.15, -0.1) is 11.8 Å². The highest BCUT2D eigenvalue weighted by Gasteiger charge is 2.02. The maximum absolute atomic E-state index is 3.26. The summed E-state index contributed by atoms with van der Waals surface area (Å²) in [7, 11) is 1.99. The van der Waals surface area contributed by atoms with Gasteiger partial charge in [0.2, 0.25) is 0 Å². The fraction of sp³-hybridized carbons (Fsp3) is 0.333. The van der Waals surface area contributed by atoms with Crippen molar-refractivity contribution in [2.24, 2.45) is 0 Å². The molecule has 2 rings (SSSR count). The van der Waals surface area contributed by atoms with Crippen LogP contribution in [0.3, 0.4) is 0 Å². The summed E-state index contributed by atoms with van der Waals surface area (Å²) in [5.41, 5.74) is 4.13. The molecule has 0 aromatic heterocycles. The van der Waals surface area contributed by atoms with Gasteiger partial charge in [-0.05, 0) is 49.2 Å². The van der Waals surface area contributed by atoms with Crippen LogP contribution in [-0.2, 0) is 12.2 Å². The van der Waals surface area contributed by atoms with Crippen molar-refractivity contribution in [3.63, 3.8) is 0 Å². The van der Waals surface area contributed by atoms with Gasteiger partial charge in [-0.3, -0.25) is 0 Å². The molecule has 1 nitrogen and oxygen atoms in total. The number of aryl methyl sites for hydroxylation is 1. The smallest absolute Gasteiger partial charge is 0.0289 e. The quantitative estimate of drug-likeness (QED) is 0.764. The van der Waals surface area contributed by atoms with Gasteiger partial charge in [0, 0.05) is 16.7 Å². The SMILES string of the molecule is CCc1ccc(CSc2ccc(C(C)NC)cc2)cc1. The van der Waals surface area contributed by atoms with Crippen LogP contribution in [0, 0.1) is 0 Å². The maximum atomic E-state index is 3.26. The molecule has 0 radical (unpaired) electrons. The highest BCUT2D eigenvalue weighted by atomic mass is 32.2. The molecule has 0 aliphatic carbocycles. The number of hydrogen-bond acceptors (Lipinski definition) is 2. The van der Waals surface area contributed by atoms with Crippen LogP contribution >= 0.6 is 11.8 Å². The Morgan fingerprint density at radius 2 is 1.55 bits per heavy atom. The Balaban J connectivity index is 1.93. The molecule has 20 heavy (non-hydrogen) atoms. The minimum atomic E-state index is 0.413. The summed E-state index contributed by atoms with van der Waals surface area (Å²) in [6.07, 6.45) is 1.11. The lowest BCUT2D eigenvalue weighted by Gasteiger charge is -2.11. The lowest BCUT2D eigenvalue weighted by atomic mass is 10.1. The summed E-state index contributed by atoms with van der Waals surface area (Å²) in [6, 6.07) is 18.2. The molecule has 0 amide bonds. The molecule has 0 aliphatic heterocycles. The topological polar surface area (TPSA) is 12.0 Å². The van der Waals surface area contributed by atoms with Gasteiger partial charge in [-0.2, -0.15) is 0 Å². The molecule has 0 heterocycles. The van der Waals surface area contributed by atoms with E-state index >= 15 is 0 Å². The van der Waals surface area contributed by atoms with Crippen LogP contribution in [0.25, 0.3) is 0 Å². The van der Waals surface area contributed by atoms with E-state index in [1.807, 2.05) is 18.8 Å². The van der Waals surface area contributed by atoms with E-state index in [2.05, 4.69) is 67.7 Å². The van der Waals surface area contributed by atoms with E-state index < -0.39 is 0 Å². The highest BCUT2D eigenvalue weighted by molar-refractivity contribution is 7.98. The van der Waals surface area contributed by atoms with Crippen LogP contribution in [0.15, 0.2) is 53.4 Å². The third-order valence-electron chi connectivity index (χ3n) is 3.65. The second-order valence-electron chi connectivity index (χ2n) is 5.04. The molecule has 2 heteroatoms. The van der Waals surface area contributed by atoms with E-state index in [0.29, 0.717) is 6.04 Å². The van der Waals surface area contributed by atoms with E-state index in [-0.39, 0.29) is 0 Å². The first kappa shape index (κ1) is 15.1. The Bertz CT molecular complexity index is 516. The Kier molecular flexibility index (Phi) is 5.69. The van der Waals surface area contributed by atoms with Crippen molar-refractivity contribution in [2.75, 3.05) is 7.05 Å². The maximum Gasteiger partial charge on any atom is 0.0289 e. The van der Waals surface area contributed by atoms with Gasteiger partial charge in [0.05, 0.1) is 0 Å². The van der Waals surface area contributed by atoms with Gasteiger partial charge in [0.15, 0.2) is 0 Å². The molecule has 1 atom stereocenters. The summed E-state index contributed by atoms with van der Waals surface area (Å²) in [5, 5.41) is 3.26. The highest BCUT2D eigenvalue weighted by Crippen LogP contribution is 2.24. The third-order valence-corrected chi connectivity index (χ3v) is 4.73. The van der Waals surface area contributed by atoms with Crippen molar-refractivity contribution >= 4 is 11.8 Å². The van der Waals surface area contributed by atoms with Gasteiger partial charge in [-0.25, -0.2) is 0 Å². The summed E-state index contributed by atoms with van der Waals surface area (Å²) in [6.45, 7) is 4.37. The molecule has 0 fully saturated rings. The normalized spacial score (nSPS) is 12.3. The summed E-state index contributed by atoms with van der Waals surface area (Å²) >= 11 is 1.89. The molecule has 0 saturated carbocycles. The average molecular weight is 285 g/mol. The summed E-state index contributed by atoms with van der Waals surface area (Å²) in [4.78, 5) is 1.33. The lowest BCUT2D eigenvalue weighted by Crippen LogP contribution is -2.11. The Labute approximate surface area is 126 Å². The molecular weight excluding hydrogens is 262 g/mol. The van der Waals surface area contributed by atoms with Gasteiger partial charge < -0.3 is 5.32 Å². The first-order valence-corrected chi connectivity index (χ1v) is 8.19. The number of rotatable bonds is 6. The molecule has 0 saturated heterocycles. The molecule has 0 aliphatic rings. The molecule has 0 spiro atoms. The minimum absolute atomic E-state index is 0.413. The van der Waals surface area contributed by atoms with E-state index in [0.717, 1.165) is 12.2 Å². The van der Waals surface area contributed by atoms with Gasteiger partial charge in [0.1, 0.15) is 0 Å². The standard InChI is InChI=1S/C18H23NS/c1-4-15-5-7-16(8-6-15)13-20-18-11-9-17(10-12-18)14(2)19-3/h5-12,14,19H,4,13H2,1-3H3. The minimum Gasteiger partial charge on any atom is -0.313 e. The second kappa shape index (κ2) is 7.51. The van der Waals surface area contributed by atoms with Crippen molar-refractivity contribution in [2.45, 2.75) is 37.0 Å². The van der Waals surface area contributed by atoms with Crippen molar-refractivity contribution in [1.82, 2.24) is 5.32 Å². The van der Waals surface area contributed by atoms with E-state index in [1.165, 1.54) is 21.6 Å². The van der Waals surface area contributed by atoms with Crippen LogP contribution in [0.2, 0.25) is 0 Å². The Morgan fingerprint density at radius 1 is 0.950 bits per heavy atom. The number of hydrogen-bond donors (Lipinski definition) is 1. The fourth-order valence-electron chi connectivity index (χ4n) is 2.06. The van der Waals surface area contributed by atoms with E-state index in [4.69, 9.17) is 0 Å². The van der Waals surface area contributed by atoms with E-state index in [1.54, 1.807) is 0 Å². The Morgan fingerprint density at radius 3 is 2.10 bits per heavy atom. The first-order valence-electron chi connectivity index (χ1n) is 7.20. The van der Waals surface area contributed by atoms with Crippen LogP contribution in [0.4, 0.5) is 0 Å². The molecule has 1 unspecified atom stereocenters. The monoisotopic (exact) mass is 285 g/mol. The van der Waals surface area contributed by atoms with Crippen molar-refractivity contribution in [1.29, 1.82) is 0 Å². The van der Waals surface area contributed by atoms with Crippen molar-refractivity contribution in [3.05, 3.63) is 65.2 Å². The first-order chi connectivity index (χ1) is 9.72. The van der Waals surface area contributed by atoms with Gasteiger partial charge in [-0.1, -0.05) is 43.3 Å². The van der Waals surface area contributed by atoms with Gasteiger partial charge >= 0.3 is 0 Å². The Hall–Kier alpha value is -1.25. The number of nitrogens with one attached hydrogen (secondary N) is 1. The van der Waals surface area contributed by atoms with Crippen molar-refractivity contribution < 1.29 is 0 Å². The molecular formula is C18H23NS. The zero-order chi connectivity index (χ0) is 14.4. The van der Waals surface area contributed by atoms with Gasteiger partial charge in [0.25, 0.3) is 0 Å². The van der Waals surface area contributed by atoms with Crippen LogP contribution in [0.1, 0.15) is 36.6 Å². The molecule has 106 valence electrons. The predicted octanol–water partition coefficient (Wildman–Crippen LogP) is 4.82. The summed E-state index contributed by atoms with van der Waals surface area (Å²) < 4.78 is 0. The number of benzene rings is 2. The lowest BCUT2D eigenvalue weighted by molar-refractivity contribution is 0.652. The molecule has 0 bridgehead atoms. The fourth-order valence-corrected chi connectivity index (χ4v) is 2.91. The second-order valence-corrected chi connectivity index (χ2v) is 6.09. The molecule has 2 aromatic rings. The predicted molar refractivity (Wildman–Crippen MR) is 89.3 cm³/mol. The van der Waals surface area contributed by atoms with Crippen molar-refractivity contribution in [3.8, 4) is 0 Å².